The summed E-state index contributed by atoms with van der Waals surface area (Å²) in [4.78, 5) is 4.77. The van der Waals surface area contributed by atoms with Gasteiger partial charge in [-0.1, -0.05) is 38.5 Å². The standard InChI is InChI=1S/C13H22N2S/c1-12(2)7-10(12)8-14-11-15-13(9-16-11)5-3-4-6-13/h10H,3-9H2,1-2H3,(H,14,15). The fourth-order valence-electron chi connectivity index (χ4n) is 2.99. The molecule has 1 saturated heterocycles. The van der Waals surface area contributed by atoms with Crippen LogP contribution in [0, 0.1) is 11.3 Å². The molecule has 0 bridgehead atoms. The zero-order chi connectivity index (χ0) is 11.2. The lowest BCUT2D eigenvalue weighted by Crippen LogP contribution is -2.40. The number of aliphatic imine (C=N–C) groups is 1. The Morgan fingerprint density at radius 2 is 2.06 bits per heavy atom. The topological polar surface area (TPSA) is 24.4 Å². The molecule has 1 unspecified atom stereocenters. The van der Waals surface area contributed by atoms with Gasteiger partial charge in [-0.25, -0.2) is 0 Å². The minimum absolute atomic E-state index is 0.433. The number of hydrogen-bond acceptors (Lipinski definition) is 2. The maximum absolute atomic E-state index is 4.77. The summed E-state index contributed by atoms with van der Waals surface area (Å²) in [5.41, 5.74) is 1.00. The average molecular weight is 238 g/mol. The van der Waals surface area contributed by atoms with Crippen molar-refractivity contribution in [3.63, 3.8) is 0 Å². The molecular weight excluding hydrogens is 216 g/mol. The van der Waals surface area contributed by atoms with Gasteiger partial charge in [0.1, 0.15) is 0 Å². The normalized spacial score (nSPS) is 36.9. The lowest BCUT2D eigenvalue weighted by atomic mass is 10.0. The van der Waals surface area contributed by atoms with Gasteiger partial charge in [0, 0.05) is 17.8 Å². The van der Waals surface area contributed by atoms with Crippen LogP contribution in [0.5, 0.6) is 0 Å². The summed E-state index contributed by atoms with van der Waals surface area (Å²) in [5, 5.41) is 4.92. The monoisotopic (exact) mass is 238 g/mol. The molecule has 1 aliphatic heterocycles. The first-order valence-electron chi connectivity index (χ1n) is 6.55. The molecule has 0 aromatic rings. The van der Waals surface area contributed by atoms with Crippen LogP contribution in [-0.2, 0) is 0 Å². The molecule has 1 atom stereocenters. The van der Waals surface area contributed by atoms with Gasteiger partial charge in [-0.15, -0.1) is 0 Å². The second kappa shape index (κ2) is 3.66. The van der Waals surface area contributed by atoms with Crippen LogP contribution in [0.3, 0.4) is 0 Å². The molecule has 0 amide bonds. The summed E-state index contributed by atoms with van der Waals surface area (Å²) in [7, 11) is 0. The molecule has 1 N–H and O–H groups in total. The second-order valence-electron chi connectivity index (χ2n) is 6.44. The Bertz CT molecular complexity index is 316. The van der Waals surface area contributed by atoms with Gasteiger partial charge in [0.05, 0.1) is 0 Å². The SMILES string of the molecule is CC1(C)CC1CN=C1NC2(CCCC2)CS1. The van der Waals surface area contributed by atoms with Crippen molar-refractivity contribution in [3.05, 3.63) is 0 Å². The maximum atomic E-state index is 4.77. The van der Waals surface area contributed by atoms with Crippen LogP contribution < -0.4 is 5.32 Å². The second-order valence-corrected chi connectivity index (χ2v) is 7.40. The summed E-state index contributed by atoms with van der Waals surface area (Å²) in [6.07, 6.45) is 6.87. The van der Waals surface area contributed by atoms with E-state index in [1.165, 1.54) is 43.0 Å². The highest BCUT2D eigenvalue weighted by atomic mass is 32.2. The highest BCUT2D eigenvalue weighted by Crippen LogP contribution is 2.51. The number of nitrogens with zero attached hydrogens (tertiary/aromatic N) is 1. The molecule has 0 aromatic heterocycles. The average Bonchev–Trinajstić information content (AvgIpc) is 2.70. The van der Waals surface area contributed by atoms with Gasteiger partial charge in [0.15, 0.2) is 5.17 Å². The highest BCUT2D eigenvalue weighted by molar-refractivity contribution is 8.14. The Morgan fingerprint density at radius 1 is 1.38 bits per heavy atom. The number of hydrogen-bond donors (Lipinski definition) is 1. The lowest BCUT2D eigenvalue weighted by molar-refractivity contribution is 0.452. The minimum atomic E-state index is 0.433. The molecule has 3 aliphatic rings. The Morgan fingerprint density at radius 3 is 2.69 bits per heavy atom. The molecule has 2 aliphatic carbocycles. The van der Waals surface area contributed by atoms with Gasteiger partial charge in [-0.2, -0.15) is 0 Å². The van der Waals surface area contributed by atoms with Crippen molar-refractivity contribution in [2.75, 3.05) is 12.3 Å². The highest BCUT2D eigenvalue weighted by Gasteiger charge is 2.45. The molecule has 2 saturated carbocycles. The fraction of sp³-hybridized carbons (Fsp3) is 0.923. The molecule has 3 rings (SSSR count). The van der Waals surface area contributed by atoms with E-state index >= 15 is 0 Å². The summed E-state index contributed by atoms with van der Waals surface area (Å²) >= 11 is 1.95. The van der Waals surface area contributed by atoms with Crippen molar-refractivity contribution in [2.24, 2.45) is 16.3 Å². The minimum Gasteiger partial charge on any atom is -0.359 e. The number of rotatable bonds is 2. The molecule has 3 fully saturated rings. The van der Waals surface area contributed by atoms with Crippen molar-refractivity contribution in [1.82, 2.24) is 5.32 Å². The zero-order valence-corrected chi connectivity index (χ0v) is 11.2. The molecule has 0 aromatic carbocycles. The molecule has 0 radical (unpaired) electrons. The molecule has 3 heteroatoms. The summed E-state index contributed by atoms with van der Waals surface area (Å²) in [6.45, 7) is 5.75. The number of nitrogens with one attached hydrogen (secondary N) is 1. The molecule has 90 valence electrons. The van der Waals surface area contributed by atoms with E-state index in [9.17, 15) is 0 Å². The quantitative estimate of drug-likeness (QED) is 0.799. The predicted octanol–water partition coefficient (Wildman–Crippen LogP) is 3.04. The Balaban J connectivity index is 1.55. The van der Waals surface area contributed by atoms with E-state index in [0.29, 0.717) is 11.0 Å². The third-order valence-corrected chi connectivity index (χ3v) is 5.79. The molecule has 1 spiro atoms. The van der Waals surface area contributed by atoms with E-state index in [-0.39, 0.29) is 0 Å². The van der Waals surface area contributed by atoms with Crippen molar-refractivity contribution in [3.8, 4) is 0 Å². The van der Waals surface area contributed by atoms with E-state index in [1.807, 2.05) is 11.8 Å². The van der Waals surface area contributed by atoms with Crippen LogP contribution in [-0.4, -0.2) is 23.0 Å². The number of thioether (sulfide) groups is 1. The van der Waals surface area contributed by atoms with Crippen molar-refractivity contribution in [2.45, 2.75) is 51.5 Å². The molecular formula is C13H22N2S. The summed E-state index contributed by atoms with van der Waals surface area (Å²) in [6, 6.07) is 0. The van der Waals surface area contributed by atoms with Gasteiger partial charge < -0.3 is 5.32 Å². The van der Waals surface area contributed by atoms with Crippen LogP contribution in [0.25, 0.3) is 0 Å². The van der Waals surface area contributed by atoms with E-state index < -0.39 is 0 Å². The van der Waals surface area contributed by atoms with Gasteiger partial charge >= 0.3 is 0 Å². The zero-order valence-electron chi connectivity index (χ0n) is 10.4. The first kappa shape index (κ1) is 10.9. The van der Waals surface area contributed by atoms with Crippen LogP contribution in [0.4, 0.5) is 0 Å². The van der Waals surface area contributed by atoms with Crippen molar-refractivity contribution >= 4 is 16.9 Å². The van der Waals surface area contributed by atoms with Crippen molar-refractivity contribution in [1.29, 1.82) is 0 Å². The first-order chi connectivity index (χ1) is 7.60. The fourth-order valence-corrected chi connectivity index (χ4v) is 4.22. The largest absolute Gasteiger partial charge is 0.359 e. The maximum Gasteiger partial charge on any atom is 0.157 e. The van der Waals surface area contributed by atoms with E-state index in [4.69, 9.17) is 4.99 Å². The van der Waals surface area contributed by atoms with Gasteiger partial charge in [-0.05, 0) is 30.6 Å². The lowest BCUT2D eigenvalue weighted by Gasteiger charge is -2.21. The predicted molar refractivity (Wildman–Crippen MR) is 71.0 cm³/mol. The molecule has 16 heavy (non-hydrogen) atoms. The van der Waals surface area contributed by atoms with E-state index in [1.54, 1.807) is 0 Å². The molecule has 2 nitrogen and oxygen atoms in total. The van der Waals surface area contributed by atoms with Crippen LogP contribution in [0.2, 0.25) is 0 Å². The van der Waals surface area contributed by atoms with Crippen LogP contribution >= 0.6 is 11.8 Å². The first-order valence-corrected chi connectivity index (χ1v) is 7.54. The van der Waals surface area contributed by atoms with Gasteiger partial charge in [0.2, 0.25) is 0 Å². The Labute approximate surface area is 103 Å². The number of amidine groups is 1. The third kappa shape index (κ3) is 1.99. The smallest absolute Gasteiger partial charge is 0.157 e. The van der Waals surface area contributed by atoms with Crippen LogP contribution in [0.15, 0.2) is 4.99 Å². The van der Waals surface area contributed by atoms with Gasteiger partial charge in [-0.3, -0.25) is 4.99 Å². The van der Waals surface area contributed by atoms with E-state index in [0.717, 1.165) is 12.5 Å². The summed E-state index contributed by atoms with van der Waals surface area (Å²) in [5.74, 6) is 2.09. The Kier molecular flexibility index (Phi) is 2.50. The van der Waals surface area contributed by atoms with Crippen molar-refractivity contribution < 1.29 is 0 Å². The van der Waals surface area contributed by atoms with E-state index in [2.05, 4.69) is 19.2 Å². The van der Waals surface area contributed by atoms with Crippen LogP contribution in [0.1, 0.15) is 46.0 Å². The molecule has 1 heterocycles. The third-order valence-electron chi connectivity index (χ3n) is 4.59. The Hall–Kier alpha value is -0.180. The van der Waals surface area contributed by atoms with Gasteiger partial charge in [0.25, 0.3) is 0 Å². The summed E-state index contributed by atoms with van der Waals surface area (Å²) < 4.78 is 0.